The van der Waals surface area contributed by atoms with Gasteiger partial charge >= 0.3 is 0 Å². The van der Waals surface area contributed by atoms with E-state index in [9.17, 15) is 10.2 Å². The summed E-state index contributed by atoms with van der Waals surface area (Å²) in [5.41, 5.74) is -0.0447. The predicted molar refractivity (Wildman–Crippen MR) is 101 cm³/mol. The molecular weight excluding hydrogens is 364 g/mol. The Morgan fingerprint density at radius 1 is 0.958 bits per heavy atom. The molecule has 1 unspecified atom stereocenters. The normalized spacial score (nSPS) is 55.4. The Morgan fingerprint density at radius 3 is 2.46 bits per heavy atom. The molecule has 0 spiro atoms. The highest BCUT2D eigenvalue weighted by atomic mass is 79.9. The first-order valence-electron chi connectivity index (χ1n) is 10.3. The third kappa shape index (κ3) is 2.72. The maximum absolute atomic E-state index is 10.5. The third-order valence-electron chi connectivity index (χ3n) is 8.93. The van der Waals surface area contributed by atoms with Gasteiger partial charge in [-0.25, -0.2) is 0 Å². The quantitative estimate of drug-likeness (QED) is 0.657. The molecule has 0 aliphatic heterocycles. The molecule has 4 saturated carbocycles. The number of hydrogen-bond acceptors (Lipinski definition) is 2. The van der Waals surface area contributed by atoms with Crippen molar-refractivity contribution in [3.8, 4) is 0 Å². The highest BCUT2D eigenvalue weighted by Crippen LogP contribution is 2.65. The standard InChI is InChI=1S/C21H35BrO2/c1-20(24)9-7-14-13(11-20)3-4-16-15(14)8-10-21(2)17(16)5-6-18(21)19(23)12-22/h13-19,23-24H,3-12H2,1-2H3/t13-,14+,15-,16-,17+,18-,19?,20-,21+/m1/s1. The van der Waals surface area contributed by atoms with Crippen LogP contribution in [0.4, 0.5) is 0 Å². The highest BCUT2D eigenvalue weighted by molar-refractivity contribution is 9.09. The molecule has 0 radical (unpaired) electrons. The van der Waals surface area contributed by atoms with Gasteiger partial charge < -0.3 is 10.2 Å². The van der Waals surface area contributed by atoms with Gasteiger partial charge in [-0.15, -0.1) is 0 Å². The van der Waals surface area contributed by atoms with E-state index in [2.05, 4.69) is 29.8 Å². The van der Waals surface area contributed by atoms with Crippen molar-refractivity contribution in [1.82, 2.24) is 0 Å². The smallest absolute Gasteiger partial charge is 0.0670 e. The zero-order valence-corrected chi connectivity index (χ0v) is 17.0. The van der Waals surface area contributed by atoms with Crippen LogP contribution in [-0.4, -0.2) is 27.2 Å². The first-order valence-corrected chi connectivity index (χ1v) is 11.4. The third-order valence-corrected chi connectivity index (χ3v) is 9.60. The highest BCUT2D eigenvalue weighted by Gasteiger charge is 2.58. The number of aliphatic hydroxyl groups excluding tert-OH is 1. The summed E-state index contributed by atoms with van der Waals surface area (Å²) >= 11 is 3.52. The monoisotopic (exact) mass is 398 g/mol. The molecule has 0 heterocycles. The molecule has 2 N–H and O–H groups in total. The van der Waals surface area contributed by atoms with Crippen molar-refractivity contribution in [1.29, 1.82) is 0 Å². The fourth-order valence-corrected chi connectivity index (χ4v) is 8.31. The maximum Gasteiger partial charge on any atom is 0.0670 e. The van der Waals surface area contributed by atoms with E-state index in [0.717, 1.165) is 47.8 Å². The molecule has 2 nitrogen and oxygen atoms in total. The van der Waals surface area contributed by atoms with Crippen molar-refractivity contribution in [2.45, 2.75) is 83.3 Å². The van der Waals surface area contributed by atoms with Gasteiger partial charge in [-0.05, 0) is 106 Å². The van der Waals surface area contributed by atoms with Crippen LogP contribution in [0.2, 0.25) is 0 Å². The molecule has 0 aromatic heterocycles. The average molecular weight is 399 g/mol. The van der Waals surface area contributed by atoms with Gasteiger partial charge in [-0.3, -0.25) is 0 Å². The minimum Gasteiger partial charge on any atom is -0.392 e. The number of halogens is 1. The van der Waals surface area contributed by atoms with Crippen molar-refractivity contribution in [2.75, 3.05) is 5.33 Å². The van der Waals surface area contributed by atoms with E-state index >= 15 is 0 Å². The Balaban J connectivity index is 1.53. The van der Waals surface area contributed by atoms with E-state index in [1.807, 2.05) is 0 Å². The Hall–Kier alpha value is 0.400. The van der Waals surface area contributed by atoms with Crippen molar-refractivity contribution < 1.29 is 10.2 Å². The molecule has 4 fully saturated rings. The molecule has 0 bridgehead atoms. The first kappa shape index (κ1) is 17.8. The summed E-state index contributed by atoms with van der Waals surface area (Å²) in [7, 11) is 0. The van der Waals surface area contributed by atoms with Crippen LogP contribution < -0.4 is 0 Å². The second-order valence-corrected chi connectivity index (χ2v) is 10.8. The van der Waals surface area contributed by atoms with Crippen LogP contribution in [0.15, 0.2) is 0 Å². The van der Waals surface area contributed by atoms with E-state index in [4.69, 9.17) is 0 Å². The molecule has 4 aliphatic carbocycles. The molecular formula is C21H35BrO2. The van der Waals surface area contributed by atoms with Crippen molar-refractivity contribution in [3.63, 3.8) is 0 Å². The molecule has 0 aromatic carbocycles. The fourth-order valence-electron chi connectivity index (χ4n) is 7.86. The summed E-state index contributed by atoms with van der Waals surface area (Å²) < 4.78 is 0. The second kappa shape index (κ2) is 6.23. The van der Waals surface area contributed by atoms with Crippen molar-refractivity contribution in [2.24, 2.45) is 40.9 Å². The maximum atomic E-state index is 10.5. The number of alkyl halides is 1. The van der Waals surface area contributed by atoms with Crippen LogP contribution in [0.25, 0.3) is 0 Å². The molecule has 4 aliphatic rings. The molecule has 0 aromatic rings. The average Bonchev–Trinajstić information content (AvgIpc) is 2.90. The summed E-state index contributed by atoms with van der Waals surface area (Å²) in [6.45, 7) is 4.55. The molecule has 0 amide bonds. The number of aliphatic hydroxyl groups is 2. The first-order chi connectivity index (χ1) is 11.4. The lowest BCUT2D eigenvalue weighted by atomic mass is 9.49. The van der Waals surface area contributed by atoms with Crippen LogP contribution in [0, 0.1) is 40.9 Å². The minimum atomic E-state index is -0.407. The number of fused-ring (bicyclic) bond motifs is 5. The molecule has 9 atom stereocenters. The Kier molecular flexibility index (Phi) is 4.62. The Morgan fingerprint density at radius 2 is 1.71 bits per heavy atom. The summed E-state index contributed by atoms with van der Waals surface area (Å²) in [6, 6.07) is 0. The molecule has 24 heavy (non-hydrogen) atoms. The minimum absolute atomic E-state index is 0.169. The van der Waals surface area contributed by atoms with Crippen molar-refractivity contribution in [3.05, 3.63) is 0 Å². The summed E-state index contributed by atoms with van der Waals surface area (Å²) in [4.78, 5) is 0. The topological polar surface area (TPSA) is 40.5 Å². The van der Waals surface area contributed by atoms with Gasteiger partial charge in [0.1, 0.15) is 0 Å². The largest absolute Gasteiger partial charge is 0.392 e. The van der Waals surface area contributed by atoms with E-state index in [-0.39, 0.29) is 6.10 Å². The molecule has 138 valence electrons. The summed E-state index contributed by atoms with van der Waals surface area (Å²) in [6.07, 6.45) is 11.1. The lowest BCUT2D eigenvalue weighted by molar-refractivity contribution is -0.106. The van der Waals surface area contributed by atoms with Gasteiger partial charge in [-0.1, -0.05) is 22.9 Å². The van der Waals surface area contributed by atoms with E-state index in [1.165, 1.54) is 44.9 Å². The van der Waals surface area contributed by atoms with Crippen molar-refractivity contribution >= 4 is 15.9 Å². The molecule has 4 rings (SSSR count). The predicted octanol–water partition coefficient (Wildman–Crippen LogP) is 4.76. The van der Waals surface area contributed by atoms with Crippen LogP contribution in [0.1, 0.15) is 71.6 Å². The zero-order valence-electron chi connectivity index (χ0n) is 15.4. The number of hydrogen-bond donors (Lipinski definition) is 2. The second-order valence-electron chi connectivity index (χ2n) is 10.1. The number of rotatable bonds is 2. The lowest BCUT2D eigenvalue weighted by Crippen LogP contribution is -2.51. The lowest BCUT2D eigenvalue weighted by Gasteiger charge is -2.57. The molecule has 0 saturated heterocycles. The zero-order chi connectivity index (χ0) is 17.1. The van der Waals surface area contributed by atoms with Crippen LogP contribution in [0.5, 0.6) is 0 Å². The SMILES string of the molecule is C[C@@]1(O)CC[C@H]2[C@H](CC[C@@H]3[C@@H]2CC[C@]2(C)[C@@H](C(O)CBr)CC[C@@H]32)C1. The Bertz CT molecular complexity index is 478. The van der Waals surface area contributed by atoms with Gasteiger partial charge in [-0.2, -0.15) is 0 Å². The summed E-state index contributed by atoms with van der Waals surface area (Å²) in [5, 5.41) is 21.7. The van der Waals surface area contributed by atoms with Gasteiger partial charge in [0.15, 0.2) is 0 Å². The molecule has 3 heteroatoms. The van der Waals surface area contributed by atoms with E-state index in [1.54, 1.807) is 0 Å². The summed E-state index contributed by atoms with van der Waals surface area (Å²) in [5.74, 6) is 4.75. The van der Waals surface area contributed by atoms with Gasteiger partial charge in [0.25, 0.3) is 0 Å². The van der Waals surface area contributed by atoms with E-state index in [0.29, 0.717) is 11.3 Å². The van der Waals surface area contributed by atoms with Gasteiger partial charge in [0.2, 0.25) is 0 Å². The van der Waals surface area contributed by atoms with E-state index < -0.39 is 5.60 Å². The Labute approximate surface area is 155 Å². The van der Waals surface area contributed by atoms with Gasteiger partial charge in [0.05, 0.1) is 11.7 Å². The van der Waals surface area contributed by atoms with Crippen LogP contribution in [0.3, 0.4) is 0 Å². The fraction of sp³-hybridized carbons (Fsp3) is 1.00. The van der Waals surface area contributed by atoms with Crippen LogP contribution in [-0.2, 0) is 0 Å². The van der Waals surface area contributed by atoms with Gasteiger partial charge in [0, 0.05) is 5.33 Å². The van der Waals surface area contributed by atoms with Crippen LogP contribution >= 0.6 is 15.9 Å².